The fourth-order valence-electron chi connectivity index (χ4n) is 3.11. The zero-order valence-electron chi connectivity index (χ0n) is 15.3. The molecule has 1 heterocycles. The molecule has 1 aromatic carbocycles. The lowest BCUT2D eigenvalue weighted by molar-refractivity contribution is 0.0909. The molecule has 24 heavy (non-hydrogen) atoms. The molecule has 5 nitrogen and oxygen atoms in total. The smallest absolute Gasteiger partial charge is 0.251 e. The van der Waals surface area contributed by atoms with E-state index in [1.54, 1.807) is 0 Å². The van der Waals surface area contributed by atoms with Gasteiger partial charge in [0.1, 0.15) is 0 Å². The molecule has 134 valence electrons. The minimum atomic E-state index is -0.0170. The SMILES string of the molecule is CC(C)(C)CN1CCN(CCNC(=O)c2cccc(CN)c2)CC1. The summed E-state index contributed by atoms with van der Waals surface area (Å²) in [6.07, 6.45) is 0. The van der Waals surface area contributed by atoms with E-state index in [1.165, 1.54) is 0 Å². The number of hydrogen-bond donors (Lipinski definition) is 2. The second-order valence-electron chi connectivity index (χ2n) is 7.84. The highest BCUT2D eigenvalue weighted by molar-refractivity contribution is 5.94. The van der Waals surface area contributed by atoms with E-state index in [0.29, 0.717) is 24.1 Å². The van der Waals surface area contributed by atoms with Crippen LogP contribution in [0.3, 0.4) is 0 Å². The van der Waals surface area contributed by atoms with Crippen LogP contribution < -0.4 is 11.1 Å². The van der Waals surface area contributed by atoms with E-state index in [9.17, 15) is 4.79 Å². The number of nitrogens with two attached hydrogens (primary N) is 1. The third-order valence-electron chi connectivity index (χ3n) is 4.30. The van der Waals surface area contributed by atoms with Crippen molar-refractivity contribution in [1.29, 1.82) is 0 Å². The van der Waals surface area contributed by atoms with Crippen molar-refractivity contribution in [3.8, 4) is 0 Å². The van der Waals surface area contributed by atoms with Crippen LogP contribution in [0.25, 0.3) is 0 Å². The van der Waals surface area contributed by atoms with Crippen LogP contribution in [0, 0.1) is 5.41 Å². The second-order valence-corrected chi connectivity index (χ2v) is 7.84. The van der Waals surface area contributed by atoms with Gasteiger partial charge >= 0.3 is 0 Å². The lowest BCUT2D eigenvalue weighted by Crippen LogP contribution is -2.50. The molecule has 1 aliphatic rings. The number of carbonyl (C=O) groups excluding carboxylic acids is 1. The van der Waals surface area contributed by atoms with E-state index in [0.717, 1.165) is 44.8 Å². The van der Waals surface area contributed by atoms with Crippen LogP contribution in [-0.4, -0.2) is 61.5 Å². The summed E-state index contributed by atoms with van der Waals surface area (Å²) in [6.45, 7) is 14.4. The Morgan fingerprint density at radius 2 is 1.83 bits per heavy atom. The molecule has 3 N–H and O–H groups in total. The van der Waals surface area contributed by atoms with Crippen LogP contribution in [-0.2, 0) is 6.54 Å². The molecule has 1 amide bonds. The monoisotopic (exact) mass is 332 g/mol. The number of hydrogen-bond acceptors (Lipinski definition) is 4. The Kier molecular flexibility index (Phi) is 6.78. The highest BCUT2D eigenvalue weighted by atomic mass is 16.1. The van der Waals surface area contributed by atoms with Crippen LogP contribution >= 0.6 is 0 Å². The third-order valence-corrected chi connectivity index (χ3v) is 4.30. The normalized spacial score (nSPS) is 17.0. The molecule has 0 radical (unpaired) electrons. The Bertz CT molecular complexity index is 530. The van der Waals surface area contributed by atoms with Gasteiger partial charge in [-0.15, -0.1) is 0 Å². The maximum absolute atomic E-state index is 12.2. The molecule has 1 saturated heterocycles. The Morgan fingerprint density at radius 3 is 2.46 bits per heavy atom. The van der Waals surface area contributed by atoms with Gasteiger partial charge in [-0.3, -0.25) is 9.69 Å². The average molecular weight is 332 g/mol. The first-order chi connectivity index (χ1) is 11.4. The Balaban J connectivity index is 1.68. The highest BCUT2D eigenvalue weighted by Crippen LogP contribution is 2.16. The van der Waals surface area contributed by atoms with Crippen molar-refractivity contribution in [2.24, 2.45) is 11.1 Å². The summed E-state index contributed by atoms with van der Waals surface area (Å²) >= 11 is 0. The van der Waals surface area contributed by atoms with E-state index >= 15 is 0 Å². The number of rotatable bonds is 6. The van der Waals surface area contributed by atoms with Crippen LogP contribution in [0.2, 0.25) is 0 Å². The van der Waals surface area contributed by atoms with Gasteiger partial charge in [0.05, 0.1) is 0 Å². The van der Waals surface area contributed by atoms with E-state index in [2.05, 4.69) is 35.9 Å². The largest absolute Gasteiger partial charge is 0.351 e. The average Bonchev–Trinajstić information content (AvgIpc) is 2.55. The van der Waals surface area contributed by atoms with Crippen molar-refractivity contribution in [3.63, 3.8) is 0 Å². The molecule has 1 aromatic rings. The van der Waals surface area contributed by atoms with E-state index in [1.807, 2.05) is 24.3 Å². The van der Waals surface area contributed by atoms with Crippen molar-refractivity contribution in [2.45, 2.75) is 27.3 Å². The number of piperazine rings is 1. The van der Waals surface area contributed by atoms with Gasteiger partial charge in [-0.05, 0) is 23.1 Å². The predicted molar refractivity (Wildman–Crippen MR) is 99.0 cm³/mol. The van der Waals surface area contributed by atoms with Crippen molar-refractivity contribution in [3.05, 3.63) is 35.4 Å². The molecule has 2 rings (SSSR count). The van der Waals surface area contributed by atoms with Gasteiger partial charge in [-0.2, -0.15) is 0 Å². The zero-order chi connectivity index (χ0) is 17.6. The minimum absolute atomic E-state index is 0.0170. The first kappa shape index (κ1) is 18.9. The molecule has 0 aromatic heterocycles. The zero-order valence-corrected chi connectivity index (χ0v) is 15.3. The first-order valence-corrected chi connectivity index (χ1v) is 8.89. The quantitative estimate of drug-likeness (QED) is 0.829. The van der Waals surface area contributed by atoms with Crippen molar-refractivity contribution < 1.29 is 4.79 Å². The molecule has 0 bridgehead atoms. The maximum atomic E-state index is 12.2. The molecular formula is C19H32N4O. The van der Waals surface area contributed by atoms with E-state index < -0.39 is 0 Å². The Hall–Kier alpha value is -1.43. The number of carbonyl (C=O) groups is 1. The van der Waals surface area contributed by atoms with Crippen molar-refractivity contribution in [1.82, 2.24) is 15.1 Å². The summed E-state index contributed by atoms with van der Waals surface area (Å²) in [5.74, 6) is -0.0170. The fraction of sp³-hybridized carbons (Fsp3) is 0.632. The van der Waals surface area contributed by atoms with Gasteiger partial charge in [0.25, 0.3) is 5.91 Å². The highest BCUT2D eigenvalue weighted by Gasteiger charge is 2.21. The van der Waals surface area contributed by atoms with Gasteiger partial charge in [0.2, 0.25) is 0 Å². The molecule has 0 spiro atoms. The molecule has 0 unspecified atom stereocenters. The van der Waals surface area contributed by atoms with Gasteiger partial charge in [0, 0.05) is 57.9 Å². The summed E-state index contributed by atoms with van der Waals surface area (Å²) in [7, 11) is 0. The molecule has 1 aliphatic heterocycles. The summed E-state index contributed by atoms with van der Waals surface area (Å²) in [4.78, 5) is 17.1. The van der Waals surface area contributed by atoms with Crippen LogP contribution in [0.4, 0.5) is 0 Å². The second kappa shape index (κ2) is 8.60. The molecule has 0 atom stereocenters. The number of amides is 1. The molecule has 5 heteroatoms. The summed E-state index contributed by atoms with van der Waals surface area (Å²) in [6, 6.07) is 7.51. The van der Waals surface area contributed by atoms with Crippen molar-refractivity contribution >= 4 is 5.91 Å². The van der Waals surface area contributed by atoms with Gasteiger partial charge < -0.3 is 16.0 Å². The predicted octanol–water partition coefficient (Wildman–Crippen LogP) is 1.54. The third kappa shape index (κ3) is 6.23. The van der Waals surface area contributed by atoms with Crippen molar-refractivity contribution in [2.75, 3.05) is 45.8 Å². The van der Waals surface area contributed by atoms with Gasteiger partial charge in [-0.1, -0.05) is 32.9 Å². The number of nitrogens with one attached hydrogen (secondary N) is 1. The Labute approximate surface area is 146 Å². The van der Waals surface area contributed by atoms with E-state index in [-0.39, 0.29) is 5.91 Å². The van der Waals surface area contributed by atoms with Crippen LogP contribution in [0.5, 0.6) is 0 Å². The summed E-state index contributed by atoms with van der Waals surface area (Å²) < 4.78 is 0. The molecule has 0 aliphatic carbocycles. The Morgan fingerprint density at radius 1 is 1.17 bits per heavy atom. The lowest BCUT2D eigenvalue weighted by atomic mass is 9.96. The number of nitrogens with zero attached hydrogens (tertiary/aromatic N) is 2. The molecule has 0 saturated carbocycles. The number of benzene rings is 1. The summed E-state index contributed by atoms with van der Waals surface area (Å²) in [5.41, 5.74) is 7.65. The topological polar surface area (TPSA) is 61.6 Å². The first-order valence-electron chi connectivity index (χ1n) is 8.89. The molecular weight excluding hydrogens is 300 g/mol. The minimum Gasteiger partial charge on any atom is -0.351 e. The van der Waals surface area contributed by atoms with Crippen LogP contribution in [0.15, 0.2) is 24.3 Å². The lowest BCUT2D eigenvalue weighted by Gasteiger charge is -2.37. The van der Waals surface area contributed by atoms with Crippen LogP contribution in [0.1, 0.15) is 36.7 Å². The standard InChI is InChI=1S/C19H32N4O/c1-19(2,3)15-23-11-9-22(10-12-23)8-7-21-18(24)17-6-4-5-16(13-17)14-20/h4-6,13H,7-12,14-15,20H2,1-3H3,(H,21,24). The molecule has 1 fully saturated rings. The van der Waals surface area contributed by atoms with Gasteiger partial charge in [-0.25, -0.2) is 0 Å². The van der Waals surface area contributed by atoms with E-state index in [4.69, 9.17) is 5.73 Å². The van der Waals surface area contributed by atoms with Gasteiger partial charge in [0.15, 0.2) is 0 Å². The fourth-order valence-corrected chi connectivity index (χ4v) is 3.11. The summed E-state index contributed by atoms with van der Waals surface area (Å²) in [5, 5.41) is 3.01. The maximum Gasteiger partial charge on any atom is 0.251 e.